The van der Waals surface area contributed by atoms with Crippen LogP contribution in [0.2, 0.25) is 5.02 Å². The number of amides is 1. The number of carbonyl (C=O) groups is 2. The van der Waals surface area contributed by atoms with Gasteiger partial charge >= 0.3 is 5.97 Å². The van der Waals surface area contributed by atoms with Gasteiger partial charge in [-0.25, -0.2) is 0 Å². The average Bonchev–Trinajstić information content (AvgIpc) is 2.75. The number of hydrogen-bond acceptors (Lipinski definition) is 4. The Bertz CT molecular complexity index is 631. The van der Waals surface area contributed by atoms with Gasteiger partial charge in [0.05, 0.1) is 25.8 Å². The van der Waals surface area contributed by atoms with Gasteiger partial charge in [-0.3, -0.25) is 14.5 Å². The molecular formula is C17H21ClN2O4. The molecule has 0 spiro atoms. The van der Waals surface area contributed by atoms with Crippen molar-refractivity contribution in [2.75, 3.05) is 39.4 Å². The maximum Gasteiger partial charge on any atom is 0.317 e. The predicted molar refractivity (Wildman–Crippen MR) is 89.4 cm³/mol. The molecule has 2 aliphatic rings. The van der Waals surface area contributed by atoms with Crippen molar-refractivity contribution >= 4 is 23.5 Å². The Labute approximate surface area is 145 Å². The molecule has 1 aromatic rings. The van der Waals surface area contributed by atoms with Crippen LogP contribution in [0, 0.1) is 12.8 Å². The molecule has 24 heavy (non-hydrogen) atoms. The van der Waals surface area contributed by atoms with Crippen LogP contribution in [0.3, 0.4) is 0 Å². The first-order valence-electron chi connectivity index (χ1n) is 8.02. The molecule has 0 aromatic heterocycles. The summed E-state index contributed by atoms with van der Waals surface area (Å²) in [6.45, 7) is 4.58. The van der Waals surface area contributed by atoms with Crippen LogP contribution in [0.15, 0.2) is 18.2 Å². The summed E-state index contributed by atoms with van der Waals surface area (Å²) in [5.41, 5.74) is 1.50. The summed E-state index contributed by atoms with van der Waals surface area (Å²) in [6, 6.07) is 5.18. The number of ether oxygens (including phenoxy) is 1. The lowest BCUT2D eigenvalue weighted by atomic mass is 10.1. The molecule has 2 bridgehead atoms. The lowest BCUT2D eigenvalue weighted by Gasteiger charge is -2.30. The Kier molecular flexibility index (Phi) is 5.08. The number of fused-ring (bicyclic) bond motifs is 3. The Morgan fingerprint density at radius 2 is 2.04 bits per heavy atom. The molecule has 0 unspecified atom stereocenters. The normalized spacial score (nSPS) is 24.5. The number of benzene rings is 1. The van der Waals surface area contributed by atoms with E-state index in [4.69, 9.17) is 21.4 Å². The average molecular weight is 353 g/mol. The molecule has 1 amide bonds. The number of nitrogens with zero attached hydrogens (tertiary/aromatic N) is 2. The quantitative estimate of drug-likeness (QED) is 0.892. The van der Waals surface area contributed by atoms with E-state index in [1.807, 2.05) is 28.9 Å². The van der Waals surface area contributed by atoms with Crippen molar-refractivity contribution in [2.24, 2.45) is 5.92 Å². The molecule has 6 nitrogen and oxygen atoms in total. The van der Waals surface area contributed by atoms with Crippen LogP contribution in [-0.4, -0.2) is 72.2 Å². The van der Waals surface area contributed by atoms with Gasteiger partial charge in [0, 0.05) is 36.1 Å². The minimum atomic E-state index is -0.848. The molecule has 130 valence electrons. The first-order valence-corrected chi connectivity index (χ1v) is 8.40. The minimum Gasteiger partial charge on any atom is -0.480 e. The summed E-state index contributed by atoms with van der Waals surface area (Å²) in [5, 5.41) is 9.61. The Morgan fingerprint density at radius 1 is 1.25 bits per heavy atom. The Hall–Kier alpha value is -1.63. The van der Waals surface area contributed by atoms with Crippen LogP contribution in [0.5, 0.6) is 0 Å². The van der Waals surface area contributed by atoms with E-state index in [0.717, 1.165) is 5.56 Å². The topological polar surface area (TPSA) is 70.1 Å². The zero-order valence-corrected chi connectivity index (χ0v) is 14.3. The molecule has 2 saturated heterocycles. The number of carboxylic acid groups (broad SMARTS) is 1. The molecule has 7 heteroatoms. The fourth-order valence-electron chi connectivity index (χ4n) is 3.53. The van der Waals surface area contributed by atoms with Crippen molar-refractivity contribution in [1.82, 2.24) is 9.80 Å². The Morgan fingerprint density at radius 3 is 2.75 bits per heavy atom. The highest BCUT2D eigenvalue weighted by Crippen LogP contribution is 2.23. The lowest BCUT2D eigenvalue weighted by molar-refractivity contribution is -0.138. The monoisotopic (exact) mass is 352 g/mol. The minimum absolute atomic E-state index is 0.00863. The van der Waals surface area contributed by atoms with Crippen LogP contribution < -0.4 is 0 Å². The van der Waals surface area contributed by atoms with E-state index in [1.165, 1.54) is 0 Å². The predicted octanol–water partition coefficient (Wildman–Crippen LogP) is 1.51. The molecule has 1 N–H and O–H groups in total. The summed E-state index contributed by atoms with van der Waals surface area (Å²) in [5.74, 6) is -0.807. The highest BCUT2D eigenvalue weighted by molar-refractivity contribution is 6.31. The molecular weight excluding hydrogens is 332 g/mol. The van der Waals surface area contributed by atoms with Gasteiger partial charge in [0.15, 0.2) is 0 Å². The molecule has 0 saturated carbocycles. The molecule has 2 aliphatic heterocycles. The standard InChI is InChI=1S/C17H21ClN2O4/c1-11-2-13(4-14(18)3-11)17(23)20-6-12-5-19(8-16(21)22)7-15(20)10-24-9-12/h2-4,12,15H,5-10H2,1H3,(H,21,22)/t12-,15-/m0/s1. The number of halogens is 1. The molecule has 0 aliphatic carbocycles. The van der Waals surface area contributed by atoms with Crippen LogP contribution in [0.1, 0.15) is 15.9 Å². The highest BCUT2D eigenvalue weighted by atomic mass is 35.5. The maximum atomic E-state index is 13.0. The third-order valence-corrected chi connectivity index (χ3v) is 4.67. The Balaban J connectivity index is 1.84. The van der Waals surface area contributed by atoms with Crippen LogP contribution in [-0.2, 0) is 9.53 Å². The molecule has 2 heterocycles. The molecule has 2 atom stereocenters. The molecule has 3 rings (SSSR count). The summed E-state index contributed by atoms with van der Waals surface area (Å²) in [6.07, 6.45) is 0. The van der Waals surface area contributed by atoms with E-state index in [0.29, 0.717) is 43.4 Å². The van der Waals surface area contributed by atoms with Crippen molar-refractivity contribution in [3.63, 3.8) is 0 Å². The van der Waals surface area contributed by atoms with E-state index in [9.17, 15) is 9.59 Å². The fraction of sp³-hybridized carbons (Fsp3) is 0.529. The molecule has 1 aromatic carbocycles. The van der Waals surface area contributed by atoms with Crippen LogP contribution >= 0.6 is 11.6 Å². The smallest absolute Gasteiger partial charge is 0.317 e. The van der Waals surface area contributed by atoms with Gasteiger partial charge in [-0.1, -0.05) is 11.6 Å². The van der Waals surface area contributed by atoms with Gasteiger partial charge in [0.1, 0.15) is 0 Å². The summed E-state index contributed by atoms with van der Waals surface area (Å²) in [7, 11) is 0. The number of hydrogen-bond donors (Lipinski definition) is 1. The van der Waals surface area contributed by atoms with Gasteiger partial charge < -0.3 is 14.7 Å². The van der Waals surface area contributed by atoms with E-state index in [1.54, 1.807) is 6.07 Å². The zero-order valence-electron chi connectivity index (χ0n) is 13.6. The van der Waals surface area contributed by atoms with Gasteiger partial charge in [-0.05, 0) is 30.7 Å². The van der Waals surface area contributed by atoms with Gasteiger partial charge in [0.25, 0.3) is 5.91 Å². The number of rotatable bonds is 3. The first kappa shape index (κ1) is 17.2. The largest absolute Gasteiger partial charge is 0.480 e. The van der Waals surface area contributed by atoms with Crippen molar-refractivity contribution in [1.29, 1.82) is 0 Å². The van der Waals surface area contributed by atoms with Crippen molar-refractivity contribution < 1.29 is 19.4 Å². The molecule has 0 radical (unpaired) electrons. The van der Waals surface area contributed by atoms with Gasteiger partial charge in [-0.15, -0.1) is 0 Å². The summed E-state index contributed by atoms with van der Waals surface area (Å²) >= 11 is 6.09. The fourth-order valence-corrected chi connectivity index (χ4v) is 3.82. The number of carboxylic acids is 1. The molecule has 2 fully saturated rings. The maximum absolute atomic E-state index is 13.0. The van der Waals surface area contributed by atoms with Crippen LogP contribution in [0.25, 0.3) is 0 Å². The lowest BCUT2D eigenvalue weighted by Crippen LogP contribution is -2.47. The summed E-state index contributed by atoms with van der Waals surface area (Å²) < 4.78 is 5.68. The zero-order chi connectivity index (χ0) is 17.3. The third kappa shape index (κ3) is 3.88. The van der Waals surface area contributed by atoms with Crippen LogP contribution in [0.4, 0.5) is 0 Å². The summed E-state index contributed by atoms with van der Waals surface area (Å²) in [4.78, 5) is 27.8. The van der Waals surface area contributed by atoms with E-state index in [2.05, 4.69) is 0 Å². The highest BCUT2D eigenvalue weighted by Gasteiger charge is 2.36. The third-order valence-electron chi connectivity index (χ3n) is 4.45. The van der Waals surface area contributed by atoms with E-state index in [-0.39, 0.29) is 24.4 Å². The number of aryl methyl sites for hydroxylation is 1. The SMILES string of the molecule is Cc1cc(Cl)cc(C(=O)N2C[C@H]3COC[C@@H]2CN(CC(=O)O)C3)c1. The number of aliphatic carboxylic acids is 1. The second-order valence-electron chi connectivity index (χ2n) is 6.62. The van der Waals surface area contributed by atoms with Gasteiger partial charge in [-0.2, -0.15) is 0 Å². The van der Waals surface area contributed by atoms with Gasteiger partial charge in [0.2, 0.25) is 0 Å². The van der Waals surface area contributed by atoms with Crippen molar-refractivity contribution in [3.05, 3.63) is 34.3 Å². The van der Waals surface area contributed by atoms with E-state index < -0.39 is 5.97 Å². The van der Waals surface area contributed by atoms with Crippen molar-refractivity contribution in [2.45, 2.75) is 13.0 Å². The van der Waals surface area contributed by atoms with E-state index >= 15 is 0 Å². The van der Waals surface area contributed by atoms with Crippen molar-refractivity contribution in [3.8, 4) is 0 Å². The second-order valence-corrected chi connectivity index (χ2v) is 7.06. The number of carbonyl (C=O) groups excluding carboxylic acids is 1. The second kappa shape index (κ2) is 7.09. The first-order chi connectivity index (χ1) is 11.4.